The van der Waals surface area contributed by atoms with Gasteiger partial charge in [0.1, 0.15) is 0 Å². The van der Waals surface area contributed by atoms with Crippen LogP contribution in [0.4, 0.5) is 5.69 Å². The number of nitrogens with one attached hydrogen (secondary N) is 1. The second kappa shape index (κ2) is 10.7. The highest BCUT2D eigenvalue weighted by molar-refractivity contribution is 6.06. The summed E-state index contributed by atoms with van der Waals surface area (Å²) >= 11 is 0. The van der Waals surface area contributed by atoms with Gasteiger partial charge in [-0.15, -0.1) is 0 Å². The molecule has 0 spiro atoms. The first-order valence-corrected chi connectivity index (χ1v) is 12.1. The Kier molecular flexibility index (Phi) is 7.50. The molecule has 4 rings (SSSR count). The minimum atomic E-state index is -0.132. The third-order valence-electron chi connectivity index (χ3n) is 6.45. The number of carbonyl (C=O) groups is 2. The zero-order valence-electron chi connectivity index (χ0n) is 20.2. The smallest absolute Gasteiger partial charge is 0.243 e. The molecule has 1 aliphatic heterocycles. The molecule has 7 heteroatoms. The molecule has 0 aromatic heterocycles. The van der Waals surface area contributed by atoms with Gasteiger partial charge in [-0.1, -0.05) is 19.1 Å². The van der Waals surface area contributed by atoms with Crippen LogP contribution >= 0.6 is 0 Å². The Bertz CT molecular complexity index is 1080. The standard InChI is InChI=1S/C27H33N3O4/c1-4-20-16-26(32)30(17-19-8-7-9-22(14-19)28-18(2)31)29-27(20)21-12-13-24(33-3)25(15-21)34-23-10-5-6-11-23/h7-9,12-15,20,23H,4-6,10-11,16-17H2,1-3H3,(H,28,31). The van der Waals surface area contributed by atoms with E-state index in [2.05, 4.69) is 12.2 Å². The maximum atomic E-state index is 12.9. The second-order valence-corrected chi connectivity index (χ2v) is 9.02. The first kappa shape index (κ1) is 23.8. The van der Waals surface area contributed by atoms with Crippen molar-refractivity contribution in [2.45, 2.75) is 65.0 Å². The molecule has 180 valence electrons. The van der Waals surface area contributed by atoms with Gasteiger partial charge in [0.25, 0.3) is 0 Å². The van der Waals surface area contributed by atoms with Gasteiger partial charge in [-0.25, -0.2) is 5.01 Å². The minimum Gasteiger partial charge on any atom is -0.493 e. The lowest BCUT2D eigenvalue weighted by Gasteiger charge is -2.29. The van der Waals surface area contributed by atoms with Crippen molar-refractivity contribution < 1.29 is 19.1 Å². The molecular formula is C27H33N3O4. The summed E-state index contributed by atoms with van der Waals surface area (Å²) in [6.45, 7) is 3.90. The first-order valence-electron chi connectivity index (χ1n) is 12.1. The highest BCUT2D eigenvalue weighted by Gasteiger charge is 2.30. The Morgan fingerprint density at radius 3 is 2.65 bits per heavy atom. The number of hydrogen-bond donors (Lipinski definition) is 1. The molecule has 0 saturated heterocycles. The number of hydrogen-bond acceptors (Lipinski definition) is 5. The molecule has 1 fully saturated rings. The fourth-order valence-electron chi connectivity index (χ4n) is 4.67. The Labute approximate surface area is 201 Å². The van der Waals surface area contributed by atoms with Gasteiger partial charge >= 0.3 is 0 Å². The van der Waals surface area contributed by atoms with Gasteiger partial charge in [0, 0.05) is 30.5 Å². The van der Waals surface area contributed by atoms with Gasteiger partial charge in [0.15, 0.2) is 11.5 Å². The lowest BCUT2D eigenvalue weighted by atomic mass is 9.89. The van der Waals surface area contributed by atoms with E-state index in [0.717, 1.165) is 41.9 Å². The van der Waals surface area contributed by atoms with Crippen molar-refractivity contribution in [2.24, 2.45) is 11.0 Å². The maximum absolute atomic E-state index is 12.9. The molecule has 2 aliphatic rings. The molecule has 1 unspecified atom stereocenters. The lowest BCUT2D eigenvalue weighted by molar-refractivity contribution is -0.133. The molecule has 1 aliphatic carbocycles. The number of carbonyl (C=O) groups excluding carboxylic acids is 2. The van der Waals surface area contributed by atoms with Gasteiger partial charge in [-0.05, 0) is 68.0 Å². The normalized spacial score (nSPS) is 18.6. The van der Waals surface area contributed by atoms with E-state index in [1.165, 1.54) is 24.8 Å². The van der Waals surface area contributed by atoms with Gasteiger partial charge < -0.3 is 14.8 Å². The average Bonchev–Trinajstić information content (AvgIpc) is 3.33. The van der Waals surface area contributed by atoms with Crippen LogP contribution in [0.25, 0.3) is 0 Å². The fraction of sp³-hybridized carbons (Fsp3) is 0.444. The van der Waals surface area contributed by atoms with Crippen LogP contribution in [0.3, 0.4) is 0 Å². The Balaban J connectivity index is 1.62. The number of nitrogens with zero attached hydrogens (tertiary/aromatic N) is 2. The predicted octanol–water partition coefficient (Wildman–Crippen LogP) is 5.14. The zero-order chi connectivity index (χ0) is 24.1. The number of hydrazone groups is 1. The number of anilines is 1. The third kappa shape index (κ3) is 5.58. The van der Waals surface area contributed by atoms with E-state index in [1.807, 2.05) is 42.5 Å². The van der Waals surface area contributed by atoms with Gasteiger partial charge in [0.05, 0.1) is 25.5 Å². The quantitative estimate of drug-likeness (QED) is 0.588. The van der Waals surface area contributed by atoms with Crippen molar-refractivity contribution in [1.82, 2.24) is 5.01 Å². The van der Waals surface area contributed by atoms with Crippen LogP contribution < -0.4 is 14.8 Å². The van der Waals surface area contributed by atoms with E-state index in [9.17, 15) is 9.59 Å². The summed E-state index contributed by atoms with van der Waals surface area (Å²) in [6, 6.07) is 13.4. The largest absolute Gasteiger partial charge is 0.493 e. The van der Waals surface area contributed by atoms with Crippen LogP contribution in [0, 0.1) is 5.92 Å². The topological polar surface area (TPSA) is 80.2 Å². The third-order valence-corrected chi connectivity index (χ3v) is 6.45. The summed E-state index contributed by atoms with van der Waals surface area (Å²) in [5.41, 5.74) is 3.44. The zero-order valence-corrected chi connectivity index (χ0v) is 20.2. The van der Waals surface area contributed by atoms with Crippen molar-refractivity contribution in [3.05, 3.63) is 53.6 Å². The van der Waals surface area contributed by atoms with E-state index in [-0.39, 0.29) is 23.8 Å². The predicted molar refractivity (Wildman–Crippen MR) is 132 cm³/mol. The van der Waals surface area contributed by atoms with Crippen LogP contribution in [-0.2, 0) is 16.1 Å². The number of amides is 2. The van der Waals surface area contributed by atoms with Crippen molar-refractivity contribution in [3.8, 4) is 11.5 Å². The fourth-order valence-corrected chi connectivity index (χ4v) is 4.67. The van der Waals surface area contributed by atoms with Gasteiger partial charge in [0.2, 0.25) is 11.8 Å². The Morgan fingerprint density at radius 1 is 1.15 bits per heavy atom. The van der Waals surface area contributed by atoms with Crippen LogP contribution in [0.1, 0.15) is 63.5 Å². The molecule has 2 aromatic carbocycles. The molecule has 0 radical (unpaired) electrons. The second-order valence-electron chi connectivity index (χ2n) is 9.02. The number of benzene rings is 2. The molecule has 1 saturated carbocycles. The molecule has 1 N–H and O–H groups in total. The first-order chi connectivity index (χ1) is 16.5. The molecule has 2 aromatic rings. The molecule has 34 heavy (non-hydrogen) atoms. The van der Waals surface area contributed by atoms with Gasteiger partial charge in [-0.3, -0.25) is 9.59 Å². The summed E-state index contributed by atoms with van der Waals surface area (Å²) < 4.78 is 11.8. The van der Waals surface area contributed by atoms with Crippen molar-refractivity contribution >= 4 is 23.2 Å². The molecular weight excluding hydrogens is 430 g/mol. The summed E-state index contributed by atoms with van der Waals surface area (Å²) in [7, 11) is 1.65. The minimum absolute atomic E-state index is 0.00327. The van der Waals surface area contributed by atoms with Gasteiger partial charge in [-0.2, -0.15) is 5.10 Å². The average molecular weight is 464 g/mol. The molecule has 0 bridgehead atoms. The summed E-state index contributed by atoms with van der Waals surface area (Å²) in [4.78, 5) is 24.3. The lowest BCUT2D eigenvalue weighted by Crippen LogP contribution is -2.36. The summed E-state index contributed by atoms with van der Waals surface area (Å²) in [6.07, 6.45) is 5.95. The van der Waals surface area contributed by atoms with Crippen LogP contribution in [-0.4, -0.2) is 35.7 Å². The Morgan fingerprint density at radius 2 is 1.94 bits per heavy atom. The van der Waals surface area contributed by atoms with E-state index in [4.69, 9.17) is 14.6 Å². The van der Waals surface area contributed by atoms with Crippen molar-refractivity contribution in [1.29, 1.82) is 0 Å². The van der Waals surface area contributed by atoms with E-state index in [1.54, 1.807) is 7.11 Å². The number of rotatable bonds is 8. The van der Waals surface area contributed by atoms with E-state index in [0.29, 0.717) is 24.4 Å². The van der Waals surface area contributed by atoms with E-state index < -0.39 is 0 Å². The SMILES string of the molecule is CCC1CC(=O)N(Cc2cccc(NC(C)=O)c2)N=C1c1ccc(OC)c(OC2CCCC2)c1. The molecule has 2 amide bonds. The highest BCUT2D eigenvalue weighted by Crippen LogP contribution is 2.34. The Hall–Kier alpha value is -3.35. The monoisotopic (exact) mass is 463 g/mol. The van der Waals surface area contributed by atoms with E-state index >= 15 is 0 Å². The number of methoxy groups -OCH3 is 1. The van der Waals surface area contributed by atoms with Crippen molar-refractivity contribution in [2.75, 3.05) is 12.4 Å². The highest BCUT2D eigenvalue weighted by atomic mass is 16.5. The number of ether oxygens (including phenoxy) is 2. The molecule has 7 nitrogen and oxygen atoms in total. The van der Waals surface area contributed by atoms with Crippen molar-refractivity contribution in [3.63, 3.8) is 0 Å². The molecule has 1 atom stereocenters. The van der Waals surface area contributed by atoms with Crippen LogP contribution in [0.2, 0.25) is 0 Å². The van der Waals surface area contributed by atoms with Crippen LogP contribution in [0.5, 0.6) is 11.5 Å². The van der Waals surface area contributed by atoms with Crippen LogP contribution in [0.15, 0.2) is 47.6 Å². The summed E-state index contributed by atoms with van der Waals surface area (Å²) in [5, 5.41) is 9.14. The maximum Gasteiger partial charge on any atom is 0.243 e. The summed E-state index contributed by atoms with van der Waals surface area (Å²) in [5.74, 6) is 1.35. The molecule has 1 heterocycles.